The molecule has 2 aliphatic carbocycles. The van der Waals surface area contributed by atoms with Crippen LogP contribution in [-0.2, 0) is 0 Å². The first kappa shape index (κ1) is 12.4. The van der Waals surface area contributed by atoms with E-state index in [0.29, 0.717) is 6.61 Å². The van der Waals surface area contributed by atoms with Gasteiger partial charge in [0.25, 0.3) is 0 Å². The lowest BCUT2D eigenvalue weighted by Crippen LogP contribution is -2.22. The molecule has 0 bridgehead atoms. The van der Waals surface area contributed by atoms with Crippen molar-refractivity contribution in [2.24, 2.45) is 29.4 Å². The molecule has 0 aromatic rings. The summed E-state index contributed by atoms with van der Waals surface area (Å²) in [5, 5.41) is 8.96. The molecule has 16 heavy (non-hydrogen) atoms. The first-order valence-corrected chi connectivity index (χ1v) is 7.17. The van der Waals surface area contributed by atoms with Gasteiger partial charge in [0, 0.05) is 6.61 Å². The van der Waals surface area contributed by atoms with E-state index in [1.807, 2.05) is 0 Å². The second kappa shape index (κ2) is 6.02. The Morgan fingerprint density at radius 2 is 1.81 bits per heavy atom. The third-order valence-electron chi connectivity index (χ3n) is 4.77. The van der Waals surface area contributed by atoms with Gasteiger partial charge in [0.05, 0.1) is 0 Å². The van der Waals surface area contributed by atoms with Gasteiger partial charge in [0.2, 0.25) is 0 Å². The van der Waals surface area contributed by atoms with Crippen LogP contribution in [-0.4, -0.2) is 18.3 Å². The van der Waals surface area contributed by atoms with Gasteiger partial charge in [-0.3, -0.25) is 0 Å². The molecule has 94 valence electrons. The lowest BCUT2D eigenvalue weighted by Gasteiger charge is -2.32. The summed E-state index contributed by atoms with van der Waals surface area (Å²) in [6.45, 7) is 1.25. The minimum absolute atomic E-state index is 0.375. The van der Waals surface area contributed by atoms with Crippen LogP contribution in [0, 0.1) is 23.7 Å². The molecule has 2 fully saturated rings. The number of hydrogen-bond acceptors (Lipinski definition) is 2. The van der Waals surface area contributed by atoms with E-state index in [-0.39, 0.29) is 0 Å². The lowest BCUT2D eigenvalue weighted by atomic mass is 9.74. The zero-order valence-electron chi connectivity index (χ0n) is 10.4. The van der Waals surface area contributed by atoms with Gasteiger partial charge >= 0.3 is 0 Å². The Morgan fingerprint density at radius 1 is 1.00 bits per heavy atom. The van der Waals surface area contributed by atoms with Crippen molar-refractivity contribution in [1.82, 2.24) is 0 Å². The average molecular weight is 225 g/mol. The number of rotatable bonds is 6. The highest BCUT2D eigenvalue weighted by molar-refractivity contribution is 4.94. The quantitative estimate of drug-likeness (QED) is 0.730. The summed E-state index contributed by atoms with van der Waals surface area (Å²) in [6.07, 6.45) is 10.7. The SMILES string of the molecule is NCCC1CC1C1CCCCC1CCCO. The van der Waals surface area contributed by atoms with E-state index in [0.717, 1.165) is 36.6 Å². The van der Waals surface area contributed by atoms with Crippen molar-refractivity contribution in [2.45, 2.75) is 51.4 Å². The molecule has 3 N–H and O–H groups in total. The highest BCUT2D eigenvalue weighted by atomic mass is 16.2. The molecule has 2 saturated carbocycles. The maximum Gasteiger partial charge on any atom is 0.0431 e. The van der Waals surface area contributed by atoms with Gasteiger partial charge in [-0.15, -0.1) is 0 Å². The zero-order valence-corrected chi connectivity index (χ0v) is 10.4. The Balaban J connectivity index is 1.80. The number of aliphatic hydroxyl groups excluding tert-OH is 1. The van der Waals surface area contributed by atoms with Crippen LogP contribution in [0.5, 0.6) is 0 Å². The van der Waals surface area contributed by atoms with Crippen molar-refractivity contribution >= 4 is 0 Å². The van der Waals surface area contributed by atoms with Crippen LogP contribution in [0.3, 0.4) is 0 Å². The zero-order chi connectivity index (χ0) is 11.4. The van der Waals surface area contributed by atoms with Crippen molar-refractivity contribution in [3.63, 3.8) is 0 Å². The molecule has 2 rings (SSSR count). The average Bonchev–Trinajstić information content (AvgIpc) is 3.07. The highest BCUT2D eigenvalue weighted by Crippen LogP contribution is 2.53. The molecule has 0 heterocycles. The van der Waals surface area contributed by atoms with Crippen LogP contribution in [0.4, 0.5) is 0 Å². The molecule has 2 aliphatic rings. The summed E-state index contributed by atoms with van der Waals surface area (Å²) in [4.78, 5) is 0. The normalized spacial score (nSPS) is 38.6. The van der Waals surface area contributed by atoms with Crippen molar-refractivity contribution < 1.29 is 5.11 Å². The molecule has 4 atom stereocenters. The van der Waals surface area contributed by atoms with Crippen LogP contribution in [0.2, 0.25) is 0 Å². The summed E-state index contributed by atoms with van der Waals surface area (Å²) in [5.74, 6) is 3.82. The van der Waals surface area contributed by atoms with Crippen LogP contribution in [0.15, 0.2) is 0 Å². The van der Waals surface area contributed by atoms with Gasteiger partial charge in [-0.2, -0.15) is 0 Å². The third kappa shape index (κ3) is 2.98. The minimum Gasteiger partial charge on any atom is -0.396 e. The fourth-order valence-electron chi connectivity index (χ4n) is 3.85. The van der Waals surface area contributed by atoms with E-state index in [9.17, 15) is 0 Å². The Bertz CT molecular complexity index is 207. The summed E-state index contributed by atoms with van der Waals surface area (Å²) >= 11 is 0. The van der Waals surface area contributed by atoms with Crippen LogP contribution >= 0.6 is 0 Å². The van der Waals surface area contributed by atoms with Crippen LogP contribution < -0.4 is 5.73 Å². The standard InChI is InChI=1S/C14H27NO/c15-8-7-12-10-14(12)13-6-2-1-4-11(13)5-3-9-16/h11-14,16H,1-10,15H2. The number of aliphatic hydroxyl groups is 1. The smallest absolute Gasteiger partial charge is 0.0431 e. The molecule has 0 amide bonds. The predicted octanol–water partition coefficient (Wildman–Crippen LogP) is 2.55. The van der Waals surface area contributed by atoms with Gasteiger partial charge in [-0.05, 0) is 62.3 Å². The molecule has 2 nitrogen and oxygen atoms in total. The van der Waals surface area contributed by atoms with Crippen molar-refractivity contribution in [2.75, 3.05) is 13.2 Å². The second-order valence-electron chi connectivity index (χ2n) is 5.81. The fourth-order valence-corrected chi connectivity index (χ4v) is 3.85. The maximum atomic E-state index is 8.96. The molecule has 2 heteroatoms. The number of hydrogen-bond donors (Lipinski definition) is 2. The van der Waals surface area contributed by atoms with Gasteiger partial charge in [-0.1, -0.05) is 19.3 Å². The van der Waals surface area contributed by atoms with Gasteiger partial charge in [-0.25, -0.2) is 0 Å². The van der Waals surface area contributed by atoms with Crippen LogP contribution in [0.1, 0.15) is 51.4 Å². The van der Waals surface area contributed by atoms with Gasteiger partial charge in [0.15, 0.2) is 0 Å². The topological polar surface area (TPSA) is 46.2 Å². The van der Waals surface area contributed by atoms with E-state index < -0.39 is 0 Å². The predicted molar refractivity (Wildman–Crippen MR) is 67.0 cm³/mol. The molecule has 0 saturated heterocycles. The van der Waals surface area contributed by atoms with E-state index in [1.165, 1.54) is 44.9 Å². The molecule has 4 unspecified atom stereocenters. The molecular weight excluding hydrogens is 198 g/mol. The van der Waals surface area contributed by atoms with Crippen LogP contribution in [0.25, 0.3) is 0 Å². The van der Waals surface area contributed by atoms with Crippen molar-refractivity contribution in [3.05, 3.63) is 0 Å². The van der Waals surface area contributed by atoms with Crippen molar-refractivity contribution in [3.8, 4) is 0 Å². The lowest BCUT2D eigenvalue weighted by molar-refractivity contribution is 0.173. The fraction of sp³-hybridized carbons (Fsp3) is 1.00. The molecule has 0 spiro atoms. The van der Waals surface area contributed by atoms with E-state index >= 15 is 0 Å². The minimum atomic E-state index is 0.375. The third-order valence-corrected chi connectivity index (χ3v) is 4.77. The monoisotopic (exact) mass is 225 g/mol. The summed E-state index contributed by atoms with van der Waals surface area (Å²) in [7, 11) is 0. The largest absolute Gasteiger partial charge is 0.396 e. The summed E-state index contributed by atoms with van der Waals surface area (Å²) in [6, 6.07) is 0. The van der Waals surface area contributed by atoms with E-state index in [4.69, 9.17) is 10.8 Å². The summed E-state index contributed by atoms with van der Waals surface area (Å²) in [5.41, 5.74) is 5.64. The van der Waals surface area contributed by atoms with E-state index in [2.05, 4.69) is 0 Å². The molecule has 0 aromatic heterocycles. The molecule has 0 aromatic carbocycles. The van der Waals surface area contributed by atoms with Gasteiger partial charge < -0.3 is 10.8 Å². The maximum absolute atomic E-state index is 8.96. The molecule has 0 radical (unpaired) electrons. The number of nitrogens with two attached hydrogens (primary N) is 1. The Kier molecular flexibility index (Phi) is 4.66. The first-order valence-electron chi connectivity index (χ1n) is 7.17. The highest BCUT2D eigenvalue weighted by Gasteiger charge is 2.44. The Labute approximate surface area is 99.6 Å². The van der Waals surface area contributed by atoms with E-state index in [1.54, 1.807) is 0 Å². The first-order chi connectivity index (χ1) is 7.86. The molecular formula is C14H27NO. The van der Waals surface area contributed by atoms with Crippen molar-refractivity contribution in [1.29, 1.82) is 0 Å². The summed E-state index contributed by atoms with van der Waals surface area (Å²) < 4.78 is 0. The Morgan fingerprint density at radius 3 is 2.56 bits per heavy atom. The second-order valence-corrected chi connectivity index (χ2v) is 5.81. The molecule has 0 aliphatic heterocycles. The van der Waals surface area contributed by atoms with Gasteiger partial charge in [0.1, 0.15) is 0 Å². The Hall–Kier alpha value is -0.0800.